The van der Waals surface area contributed by atoms with E-state index in [1.54, 1.807) is 0 Å². The molecule has 0 aromatic rings. The molecule has 0 bridgehead atoms. The van der Waals surface area contributed by atoms with Crippen molar-refractivity contribution in [3.05, 3.63) is 0 Å². The molecule has 1 aliphatic heterocycles. The Morgan fingerprint density at radius 1 is 1.26 bits per heavy atom. The van der Waals surface area contributed by atoms with Crippen molar-refractivity contribution in [3.8, 4) is 0 Å². The SMILES string of the molecule is CC(C)C1CC(NCC2CCN(CC(F)(F)F)C2)C1. The highest BCUT2D eigenvalue weighted by Gasteiger charge is 2.35. The number of likely N-dealkylation sites (tertiary alicyclic amines) is 1. The van der Waals surface area contributed by atoms with Gasteiger partial charge in [0.15, 0.2) is 0 Å². The minimum atomic E-state index is -4.05. The zero-order valence-electron chi connectivity index (χ0n) is 11.8. The first-order valence-electron chi connectivity index (χ1n) is 7.36. The molecule has 1 atom stereocenters. The summed E-state index contributed by atoms with van der Waals surface area (Å²) < 4.78 is 36.8. The van der Waals surface area contributed by atoms with Crippen LogP contribution in [0, 0.1) is 17.8 Å². The van der Waals surface area contributed by atoms with Gasteiger partial charge in [-0.25, -0.2) is 0 Å². The molecule has 1 aliphatic carbocycles. The van der Waals surface area contributed by atoms with E-state index in [2.05, 4.69) is 19.2 Å². The van der Waals surface area contributed by atoms with Crippen molar-refractivity contribution in [1.29, 1.82) is 0 Å². The topological polar surface area (TPSA) is 15.3 Å². The molecule has 0 aromatic heterocycles. The second-order valence-corrected chi connectivity index (χ2v) is 6.59. The van der Waals surface area contributed by atoms with Crippen LogP contribution >= 0.6 is 0 Å². The summed E-state index contributed by atoms with van der Waals surface area (Å²) in [7, 11) is 0. The number of hydrogen-bond acceptors (Lipinski definition) is 2. The number of hydrogen-bond donors (Lipinski definition) is 1. The summed E-state index contributed by atoms with van der Waals surface area (Å²) in [4.78, 5) is 1.53. The van der Waals surface area contributed by atoms with E-state index in [1.165, 1.54) is 17.7 Å². The molecule has 112 valence electrons. The Kier molecular flexibility index (Phi) is 4.77. The maximum atomic E-state index is 12.3. The first kappa shape index (κ1) is 15.1. The Bertz CT molecular complexity index is 285. The summed E-state index contributed by atoms with van der Waals surface area (Å²) in [6.07, 6.45) is -0.697. The van der Waals surface area contributed by atoms with Crippen LogP contribution in [0.2, 0.25) is 0 Å². The zero-order valence-corrected chi connectivity index (χ0v) is 11.8. The van der Waals surface area contributed by atoms with Gasteiger partial charge in [0.1, 0.15) is 0 Å². The van der Waals surface area contributed by atoms with Crippen LogP contribution in [0.1, 0.15) is 33.1 Å². The third-order valence-corrected chi connectivity index (χ3v) is 4.59. The fourth-order valence-electron chi connectivity index (χ4n) is 3.18. The van der Waals surface area contributed by atoms with Crippen LogP contribution in [-0.4, -0.2) is 43.3 Å². The van der Waals surface area contributed by atoms with Gasteiger partial charge in [0.05, 0.1) is 6.54 Å². The number of nitrogens with one attached hydrogen (secondary N) is 1. The van der Waals surface area contributed by atoms with Crippen LogP contribution in [0.15, 0.2) is 0 Å². The molecule has 0 spiro atoms. The van der Waals surface area contributed by atoms with E-state index in [4.69, 9.17) is 0 Å². The molecule has 0 aromatic carbocycles. The summed E-state index contributed by atoms with van der Waals surface area (Å²) in [5.74, 6) is 1.98. The Balaban J connectivity index is 1.59. The minimum absolute atomic E-state index is 0.389. The van der Waals surface area contributed by atoms with E-state index in [1.807, 2.05) is 0 Å². The second kappa shape index (κ2) is 6.00. The normalized spacial score (nSPS) is 32.8. The monoisotopic (exact) mass is 278 g/mol. The molecule has 1 saturated carbocycles. The van der Waals surface area contributed by atoms with Gasteiger partial charge in [-0.1, -0.05) is 13.8 Å². The van der Waals surface area contributed by atoms with Crippen LogP contribution in [0.4, 0.5) is 13.2 Å². The van der Waals surface area contributed by atoms with E-state index >= 15 is 0 Å². The highest BCUT2D eigenvalue weighted by molar-refractivity contribution is 4.88. The third-order valence-electron chi connectivity index (χ3n) is 4.59. The molecule has 5 heteroatoms. The standard InChI is InChI=1S/C14H25F3N2/c1-10(2)12-5-13(6-12)18-7-11-3-4-19(8-11)9-14(15,16)17/h10-13,18H,3-9H2,1-2H3. The van der Waals surface area contributed by atoms with Gasteiger partial charge in [0, 0.05) is 12.6 Å². The molecular formula is C14H25F3N2. The molecule has 19 heavy (non-hydrogen) atoms. The van der Waals surface area contributed by atoms with Crippen LogP contribution in [-0.2, 0) is 0 Å². The van der Waals surface area contributed by atoms with Gasteiger partial charge in [-0.05, 0) is 50.1 Å². The summed E-state index contributed by atoms with van der Waals surface area (Å²) in [5.41, 5.74) is 0. The van der Waals surface area contributed by atoms with Crippen LogP contribution in [0.25, 0.3) is 0 Å². The van der Waals surface area contributed by atoms with Crippen molar-refractivity contribution in [2.75, 3.05) is 26.2 Å². The molecule has 1 N–H and O–H groups in total. The van der Waals surface area contributed by atoms with Crippen molar-refractivity contribution in [2.45, 2.75) is 45.3 Å². The number of halogens is 3. The Hall–Kier alpha value is -0.290. The van der Waals surface area contributed by atoms with Gasteiger partial charge in [0.25, 0.3) is 0 Å². The lowest BCUT2D eigenvalue weighted by Gasteiger charge is -2.39. The molecule has 2 rings (SSSR count). The molecule has 1 heterocycles. The van der Waals surface area contributed by atoms with Crippen LogP contribution in [0.3, 0.4) is 0 Å². The van der Waals surface area contributed by atoms with Gasteiger partial charge in [0.2, 0.25) is 0 Å². The van der Waals surface area contributed by atoms with E-state index in [9.17, 15) is 13.2 Å². The largest absolute Gasteiger partial charge is 0.401 e. The second-order valence-electron chi connectivity index (χ2n) is 6.59. The molecule has 1 saturated heterocycles. The fraction of sp³-hybridized carbons (Fsp3) is 1.00. The van der Waals surface area contributed by atoms with Gasteiger partial charge in [-0.15, -0.1) is 0 Å². The molecule has 0 amide bonds. The van der Waals surface area contributed by atoms with Gasteiger partial charge < -0.3 is 5.32 Å². The molecule has 0 radical (unpaired) electrons. The molecule has 2 fully saturated rings. The predicted molar refractivity (Wildman–Crippen MR) is 70.0 cm³/mol. The average molecular weight is 278 g/mol. The summed E-state index contributed by atoms with van der Waals surface area (Å²) in [5, 5.41) is 3.52. The van der Waals surface area contributed by atoms with Crippen molar-refractivity contribution >= 4 is 0 Å². The molecular weight excluding hydrogens is 253 g/mol. The Morgan fingerprint density at radius 3 is 2.53 bits per heavy atom. The van der Waals surface area contributed by atoms with E-state index in [-0.39, 0.29) is 0 Å². The van der Waals surface area contributed by atoms with E-state index < -0.39 is 12.7 Å². The lowest BCUT2D eigenvalue weighted by atomic mass is 9.73. The summed E-state index contributed by atoms with van der Waals surface area (Å²) >= 11 is 0. The zero-order chi connectivity index (χ0) is 14.0. The van der Waals surface area contributed by atoms with Crippen molar-refractivity contribution in [2.24, 2.45) is 17.8 Å². The minimum Gasteiger partial charge on any atom is -0.314 e. The van der Waals surface area contributed by atoms with E-state index in [0.717, 1.165) is 24.8 Å². The Labute approximate surface area is 113 Å². The first-order chi connectivity index (χ1) is 8.83. The molecule has 2 nitrogen and oxygen atoms in total. The van der Waals surface area contributed by atoms with E-state index in [0.29, 0.717) is 25.0 Å². The number of nitrogens with zero attached hydrogens (tertiary/aromatic N) is 1. The third kappa shape index (κ3) is 4.63. The smallest absolute Gasteiger partial charge is 0.314 e. The van der Waals surface area contributed by atoms with Crippen molar-refractivity contribution in [3.63, 3.8) is 0 Å². The Morgan fingerprint density at radius 2 is 1.95 bits per heavy atom. The van der Waals surface area contributed by atoms with Gasteiger partial charge >= 0.3 is 6.18 Å². The lowest BCUT2D eigenvalue weighted by Crippen LogP contribution is -2.45. The maximum Gasteiger partial charge on any atom is 0.401 e. The van der Waals surface area contributed by atoms with Gasteiger partial charge in [-0.2, -0.15) is 13.2 Å². The van der Waals surface area contributed by atoms with Gasteiger partial charge in [-0.3, -0.25) is 4.90 Å². The number of alkyl halides is 3. The van der Waals surface area contributed by atoms with Crippen LogP contribution in [0.5, 0.6) is 0 Å². The fourth-order valence-corrected chi connectivity index (χ4v) is 3.18. The van der Waals surface area contributed by atoms with Crippen LogP contribution < -0.4 is 5.32 Å². The van der Waals surface area contributed by atoms with Crippen molar-refractivity contribution in [1.82, 2.24) is 10.2 Å². The number of rotatable bonds is 5. The highest BCUT2D eigenvalue weighted by Crippen LogP contribution is 2.33. The lowest BCUT2D eigenvalue weighted by molar-refractivity contribution is -0.143. The highest BCUT2D eigenvalue weighted by atomic mass is 19.4. The maximum absolute atomic E-state index is 12.3. The summed E-state index contributed by atoms with van der Waals surface area (Å²) in [6, 6.07) is 0.601. The quantitative estimate of drug-likeness (QED) is 0.832. The van der Waals surface area contributed by atoms with Crippen molar-refractivity contribution < 1.29 is 13.2 Å². The average Bonchev–Trinajstić information content (AvgIpc) is 2.59. The molecule has 1 unspecified atom stereocenters. The molecule has 2 aliphatic rings. The predicted octanol–water partition coefficient (Wildman–Crippen LogP) is 2.89. The summed E-state index contributed by atoms with van der Waals surface area (Å²) in [6.45, 7) is 5.82. The first-order valence-corrected chi connectivity index (χ1v) is 7.36.